The van der Waals surface area contributed by atoms with Crippen LogP contribution in [0.2, 0.25) is 0 Å². The van der Waals surface area contributed by atoms with Crippen molar-refractivity contribution >= 4 is 23.0 Å². The predicted molar refractivity (Wildman–Crippen MR) is 93.9 cm³/mol. The van der Waals surface area contributed by atoms with Crippen molar-refractivity contribution in [1.82, 2.24) is 0 Å². The fourth-order valence-corrected chi connectivity index (χ4v) is 3.03. The van der Waals surface area contributed by atoms with Gasteiger partial charge in [-0.3, -0.25) is 14.9 Å². The Morgan fingerprint density at radius 3 is 2.39 bits per heavy atom. The zero-order chi connectivity index (χ0) is 20.5. The molecule has 0 atom stereocenters. The molecule has 28 heavy (non-hydrogen) atoms. The monoisotopic (exact) mass is 397 g/mol. The van der Waals surface area contributed by atoms with Crippen LogP contribution in [0.3, 0.4) is 0 Å². The number of carbonyl (C=O) groups is 1. The van der Waals surface area contributed by atoms with Crippen LogP contribution in [0.25, 0.3) is 0 Å². The number of anilines is 2. The van der Waals surface area contributed by atoms with Gasteiger partial charge in [-0.2, -0.15) is 17.6 Å². The van der Waals surface area contributed by atoms with Gasteiger partial charge in [0, 0.05) is 24.7 Å². The Labute approximate surface area is 156 Å². The van der Waals surface area contributed by atoms with E-state index in [0.29, 0.717) is 18.8 Å². The van der Waals surface area contributed by atoms with Gasteiger partial charge in [0.1, 0.15) is 0 Å². The summed E-state index contributed by atoms with van der Waals surface area (Å²) in [4.78, 5) is 24.2. The van der Waals surface area contributed by atoms with Crippen LogP contribution in [-0.2, 0) is 6.18 Å². The van der Waals surface area contributed by atoms with Gasteiger partial charge in [-0.25, -0.2) is 0 Å². The highest BCUT2D eigenvalue weighted by atomic mass is 19.4. The van der Waals surface area contributed by atoms with Gasteiger partial charge >= 0.3 is 11.9 Å². The summed E-state index contributed by atoms with van der Waals surface area (Å²) in [5.74, 6) is -1.98. The van der Waals surface area contributed by atoms with E-state index >= 15 is 0 Å². The van der Waals surface area contributed by atoms with Gasteiger partial charge in [-0.05, 0) is 43.2 Å². The van der Waals surface area contributed by atoms with Crippen molar-refractivity contribution in [2.45, 2.75) is 19.0 Å². The molecule has 0 saturated carbocycles. The molecule has 2 aromatic rings. The molecule has 1 saturated heterocycles. The Bertz CT molecular complexity index is 925. The van der Waals surface area contributed by atoms with E-state index in [-0.39, 0.29) is 11.3 Å². The number of nitrogens with zero attached hydrogens (tertiary/aromatic N) is 2. The van der Waals surface area contributed by atoms with Gasteiger partial charge in [0.2, 0.25) is 5.82 Å². The standard InChI is InChI=1S/C18H15F4N3O3/c19-13-5-3-11(9-16(13)25(27)28)17(26)23-14-10-12(18(20,21)22)4-6-15(14)24-7-1-2-8-24/h3-6,9-10H,1-2,7-8H2,(H,23,26). The summed E-state index contributed by atoms with van der Waals surface area (Å²) in [6.45, 7) is 1.27. The van der Waals surface area contributed by atoms with Crippen molar-refractivity contribution in [3.63, 3.8) is 0 Å². The highest BCUT2D eigenvalue weighted by Gasteiger charge is 2.32. The number of halogens is 4. The number of nitrogens with one attached hydrogen (secondary N) is 1. The molecular weight excluding hydrogens is 382 g/mol. The third-order valence-electron chi connectivity index (χ3n) is 4.42. The number of nitro groups is 1. The minimum absolute atomic E-state index is 0.0614. The maximum absolute atomic E-state index is 13.5. The van der Waals surface area contributed by atoms with Crippen LogP contribution < -0.4 is 10.2 Å². The van der Waals surface area contributed by atoms with E-state index in [0.717, 1.165) is 43.2 Å². The first kappa shape index (κ1) is 19.6. The average Bonchev–Trinajstić information content (AvgIpc) is 3.15. The Balaban J connectivity index is 1.96. The minimum atomic E-state index is -4.60. The van der Waals surface area contributed by atoms with E-state index in [9.17, 15) is 32.5 Å². The van der Waals surface area contributed by atoms with Gasteiger partial charge in [-0.15, -0.1) is 0 Å². The third-order valence-corrected chi connectivity index (χ3v) is 4.42. The minimum Gasteiger partial charge on any atom is -0.370 e. The smallest absolute Gasteiger partial charge is 0.370 e. The molecule has 1 amide bonds. The molecule has 1 N–H and O–H groups in total. The number of hydrogen-bond acceptors (Lipinski definition) is 4. The van der Waals surface area contributed by atoms with E-state index < -0.39 is 34.1 Å². The molecular formula is C18H15F4N3O3. The number of hydrogen-bond donors (Lipinski definition) is 1. The van der Waals surface area contributed by atoms with E-state index in [1.807, 2.05) is 4.90 Å². The quantitative estimate of drug-likeness (QED) is 0.465. The summed E-state index contributed by atoms with van der Waals surface area (Å²) in [6.07, 6.45) is -2.85. The second-order valence-electron chi connectivity index (χ2n) is 6.30. The number of nitro benzene ring substituents is 1. The molecule has 0 aliphatic carbocycles. The Morgan fingerprint density at radius 1 is 1.11 bits per heavy atom. The molecule has 0 spiro atoms. The molecule has 1 fully saturated rings. The van der Waals surface area contributed by atoms with Crippen LogP contribution in [0.4, 0.5) is 34.6 Å². The zero-order valence-corrected chi connectivity index (χ0v) is 14.4. The largest absolute Gasteiger partial charge is 0.416 e. The summed E-state index contributed by atoms with van der Waals surface area (Å²) in [7, 11) is 0. The molecule has 6 nitrogen and oxygen atoms in total. The van der Waals surface area contributed by atoms with Crippen LogP contribution in [0.15, 0.2) is 36.4 Å². The Morgan fingerprint density at radius 2 is 1.79 bits per heavy atom. The van der Waals surface area contributed by atoms with E-state index in [1.165, 1.54) is 6.07 Å². The fourth-order valence-electron chi connectivity index (χ4n) is 3.03. The molecule has 1 aliphatic heterocycles. The lowest BCUT2D eigenvalue weighted by Gasteiger charge is -2.23. The number of amides is 1. The van der Waals surface area contributed by atoms with Gasteiger partial charge in [0.05, 0.1) is 21.9 Å². The molecule has 1 aliphatic rings. The molecule has 3 rings (SSSR count). The van der Waals surface area contributed by atoms with Crippen LogP contribution in [0.5, 0.6) is 0 Å². The molecule has 0 radical (unpaired) electrons. The molecule has 1 heterocycles. The topological polar surface area (TPSA) is 75.5 Å². The molecule has 0 aromatic heterocycles. The molecule has 0 bridgehead atoms. The number of rotatable bonds is 4. The van der Waals surface area contributed by atoms with Crippen molar-refractivity contribution in [2.75, 3.05) is 23.3 Å². The summed E-state index contributed by atoms with van der Waals surface area (Å²) < 4.78 is 52.7. The van der Waals surface area contributed by atoms with Crippen molar-refractivity contribution in [3.05, 3.63) is 63.5 Å². The van der Waals surface area contributed by atoms with Gasteiger partial charge in [0.25, 0.3) is 5.91 Å². The lowest BCUT2D eigenvalue weighted by atomic mass is 10.1. The van der Waals surface area contributed by atoms with Crippen LogP contribution >= 0.6 is 0 Å². The fraction of sp³-hybridized carbons (Fsp3) is 0.278. The maximum Gasteiger partial charge on any atom is 0.416 e. The van der Waals surface area contributed by atoms with Crippen molar-refractivity contribution in [3.8, 4) is 0 Å². The first-order valence-corrected chi connectivity index (χ1v) is 8.38. The molecule has 10 heteroatoms. The van der Waals surface area contributed by atoms with Gasteiger partial charge in [0.15, 0.2) is 0 Å². The molecule has 2 aromatic carbocycles. The summed E-state index contributed by atoms with van der Waals surface area (Å²) in [5, 5.41) is 13.2. The Kier molecular flexibility index (Phi) is 5.21. The maximum atomic E-state index is 13.5. The summed E-state index contributed by atoms with van der Waals surface area (Å²) in [6, 6.07) is 5.58. The highest BCUT2D eigenvalue weighted by molar-refractivity contribution is 6.06. The average molecular weight is 397 g/mol. The SMILES string of the molecule is O=C(Nc1cc(C(F)(F)F)ccc1N1CCCC1)c1ccc(F)c([N+](=O)[O-])c1. The highest BCUT2D eigenvalue weighted by Crippen LogP contribution is 2.36. The zero-order valence-electron chi connectivity index (χ0n) is 14.4. The normalized spacial score (nSPS) is 14.2. The first-order valence-electron chi connectivity index (χ1n) is 8.38. The van der Waals surface area contributed by atoms with Crippen molar-refractivity contribution < 1.29 is 27.3 Å². The summed E-state index contributed by atoms with van der Waals surface area (Å²) in [5.41, 5.74) is -1.70. The van der Waals surface area contributed by atoms with Gasteiger partial charge < -0.3 is 10.2 Å². The van der Waals surface area contributed by atoms with Crippen LogP contribution in [0.1, 0.15) is 28.8 Å². The molecule has 0 unspecified atom stereocenters. The molecule has 148 valence electrons. The lowest BCUT2D eigenvalue weighted by molar-refractivity contribution is -0.387. The third kappa shape index (κ3) is 4.05. The van der Waals surface area contributed by atoms with Crippen LogP contribution in [0, 0.1) is 15.9 Å². The summed E-state index contributed by atoms with van der Waals surface area (Å²) >= 11 is 0. The number of carbonyl (C=O) groups excluding carboxylic acids is 1. The van der Waals surface area contributed by atoms with E-state index in [4.69, 9.17) is 0 Å². The van der Waals surface area contributed by atoms with Gasteiger partial charge in [-0.1, -0.05) is 0 Å². The van der Waals surface area contributed by atoms with E-state index in [1.54, 1.807) is 0 Å². The number of alkyl halides is 3. The van der Waals surface area contributed by atoms with Crippen LogP contribution in [-0.4, -0.2) is 23.9 Å². The van der Waals surface area contributed by atoms with Crippen molar-refractivity contribution in [2.24, 2.45) is 0 Å². The van der Waals surface area contributed by atoms with Crippen molar-refractivity contribution in [1.29, 1.82) is 0 Å². The first-order chi connectivity index (χ1) is 13.2. The predicted octanol–water partition coefficient (Wildman–Crippen LogP) is 4.61. The second-order valence-corrected chi connectivity index (χ2v) is 6.30. The second kappa shape index (κ2) is 7.45. The Hall–Kier alpha value is -3.17. The van der Waals surface area contributed by atoms with E-state index in [2.05, 4.69) is 5.32 Å². The lowest BCUT2D eigenvalue weighted by Crippen LogP contribution is -2.22. The number of benzene rings is 2.